The summed E-state index contributed by atoms with van der Waals surface area (Å²) in [5, 5.41) is 4.97. The van der Waals surface area contributed by atoms with Crippen molar-refractivity contribution < 1.29 is 40.3 Å². The largest absolute Gasteiger partial charge is 0.416 e. The second-order valence-corrected chi connectivity index (χ2v) is 9.59. The fourth-order valence-corrected chi connectivity index (χ4v) is 4.80. The summed E-state index contributed by atoms with van der Waals surface area (Å²) in [6, 6.07) is 7.89. The summed E-state index contributed by atoms with van der Waals surface area (Å²) < 4.78 is 94.9. The highest BCUT2D eigenvalue weighted by Crippen LogP contribution is 2.42. The molecular formula is C28H15ClF7N3O3. The first kappa shape index (κ1) is 28.9. The lowest BCUT2D eigenvalue weighted by atomic mass is 9.93. The Morgan fingerprint density at radius 3 is 2.36 bits per heavy atom. The normalized spacial score (nSPS) is 14.6. The number of hydrogen-bond donors (Lipinski definition) is 2. The van der Waals surface area contributed by atoms with E-state index in [1.165, 1.54) is 24.3 Å². The number of nitrogens with one attached hydrogen (secondary N) is 2. The average Bonchev–Trinajstić information content (AvgIpc) is 3.25. The van der Waals surface area contributed by atoms with Gasteiger partial charge >= 0.3 is 12.7 Å². The molecule has 1 aliphatic heterocycles. The van der Waals surface area contributed by atoms with Gasteiger partial charge in [0.25, 0.3) is 17.4 Å². The van der Waals surface area contributed by atoms with Crippen LogP contribution in [0.15, 0.2) is 71.7 Å². The van der Waals surface area contributed by atoms with Crippen molar-refractivity contribution in [1.82, 2.24) is 9.88 Å². The van der Waals surface area contributed by atoms with Gasteiger partial charge in [-0.1, -0.05) is 11.6 Å². The Morgan fingerprint density at radius 2 is 1.67 bits per heavy atom. The van der Waals surface area contributed by atoms with Crippen LogP contribution < -0.4 is 16.2 Å². The number of halogens is 8. The molecule has 1 atom stereocenters. The quantitative estimate of drug-likeness (QED) is 0.241. The van der Waals surface area contributed by atoms with Crippen molar-refractivity contribution in [2.75, 3.05) is 5.32 Å². The van der Waals surface area contributed by atoms with E-state index in [-0.39, 0.29) is 49.2 Å². The Balaban J connectivity index is 1.69. The van der Waals surface area contributed by atoms with Crippen molar-refractivity contribution >= 4 is 29.1 Å². The third-order valence-electron chi connectivity index (χ3n) is 6.48. The van der Waals surface area contributed by atoms with Gasteiger partial charge in [-0.25, -0.2) is 8.78 Å². The number of rotatable bonds is 5. The van der Waals surface area contributed by atoms with Gasteiger partial charge in [-0.2, -0.15) is 22.0 Å². The van der Waals surface area contributed by atoms with Crippen molar-refractivity contribution in [3.8, 4) is 11.1 Å². The molecule has 2 amide bonds. The number of carbonyl (C=O) groups excluding carboxylic acids is 2. The fraction of sp³-hybridized carbons (Fsp3) is 0.107. The SMILES string of the molecule is O=C(Nc1cc(-c2ccc(=O)n(C(F)F)c2)cc2c1C(c1cc(F)ccc1Cl)NC2=O)c1cc(F)cc(C(F)(F)F)c1. The molecule has 5 rings (SSSR count). The van der Waals surface area contributed by atoms with Gasteiger partial charge in [0.1, 0.15) is 11.6 Å². The van der Waals surface area contributed by atoms with Crippen LogP contribution in [0.5, 0.6) is 0 Å². The molecule has 0 bridgehead atoms. The van der Waals surface area contributed by atoms with Gasteiger partial charge in [0.05, 0.1) is 11.6 Å². The van der Waals surface area contributed by atoms with Crippen LogP contribution >= 0.6 is 11.6 Å². The molecule has 0 saturated heterocycles. The Bertz CT molecular complexity index is 1820. The summed E-state index contributed by atoms with van der Waals surface area (Å²) in [7, 11) is 0. The van der Waals surface area contributed by atoms with Crippen LogP contribution in [-0.2, 0) is 6.18 Å². The van der Waals surface area contributed by atoms with Crippen LogP contribution in [0.2, 0.25) is 5.02 Å². The first-order chi connectivity index (χ1) is 19.7. The average molecular weight is 610 g/mol. The molecule has 42 heavy (non-hydrogen) atoms. The summed E-state index contributed by atoms with van der Waals surface area (Å²) in [6.45, 7) is -3.20. The minimum Gasteiger partial charge on any atom is -0.341 e. The first-order valence-corrected chi connectivity index (χ1v) is 12.2. The molecule has 1 aromatic heterocycles. The zero-order valence-electron chi connectivity index (χ0n) is 20.7. The standard InChI is InChI=1S/C28H15ClF7N3O3/c29-20-3-2-16(30)10-18(20)24-23-19(26(42)38-24)7-13(12-1-4-22(40)39(11-12)27(32)33)8-21(23)37-25(41)14-5-15(28(34,35)36)9-17(31)6-14/h1-11,24,27H,(H,37,41)(H,38,42). The second-order valence-electron chi connectivity index (χ2n) is 9.18. The van der Waals surface area contributed by atoms with Gasteiger partial charge < -0.3 is 10.6 Å². The van der Waals surface area contributed by atoms with Crippen LogP contribution in [0, 0.1) is 11.6 Å². The van der Waals surface area contributed by atoms with Gasteiger partial charge in [0, 0.05) is 45.2 Å². The number of anilines is 1. The van der Waals surface area contributed by atoms with Crippen LogP contribution in [0.1, 0.15) is 50.0 Å². The van der Waals surface area contributed by atoms with Gasteiger partial charge in [0.15, 0.2) is 0 Å². The lowest BCUT2D eigenvalue weighted by Gasteiger charge is -2.19. The highest BCUT2D eigenvalue weighted by Gasteiger charge is 2.36. The predicted molar refractivity (Wildman–Crippen MR) is 137 cm³/mol. The highest BCUT2D eigenvalue weighted by molar-refractivity contribution is 6.31. The summed E-state index contributed by atoms with van der Waals surface area (Å²) >= 11 is 6.25. The smallest absolute Gasteiger partial charge is 0.341 e. The third kappa shape index (κ3) is 5.47. The molecule has 0 spiro atoms. The van der Waals surface area contributed by atoms with E-state index >= 15 is 0 Å². The number of aromatic nitrogens is 1. The lowest BCUT2D eigenvalue weighted by Crippen LogP contribution is -2.21. The molecule has 0 aliphatic carbocycles. The van der Waals surface area contributed by atoms with Crippen LogP contribution in [-0.4, -0.2) is 16.4 Å². The summed E-state index contributed by atoms with van der Waals surface area (Å²) in [6.07, 6.45) is -4.15. The van der Waals surface area contributed by atoms with E-state index in [0.29, 0.717) is 12.1 Å². The zero-order valence-corrected chi connectivity index (χ0v) is 21.5. The Morgan fingerprint density at radius 1 is 0.929 bits per heavy atom. The predicted octanol–water partition coefficient (Wildman–Crippen LogP) is 6.95. The first-order valence-electron chi connectivity index (χ1n) is 11.9. The van der Waals surface area contributed by atoms with E-state index in [0.717, 1.165) is 24.4 Å². The van der Waals surface area contributed by atoms with Crippen molar-refractivity contribution in [3.05, 3.63) is 122 Å². The minimum absolute atomic E-state index is 0.0124. The molecule has 1 unspecified atom stereocenters. The molecule has 1 aliphatic rings. The van der Waals surface area contributed by atoms with Gasteiger partial charge in [-0.15, -0.1) is 0 Å². The minimum atomic E-state index is -4.97. The molecule has 0 radical (unpaired) electrons. The van der Waals surface area contributed by atoms with E-state index in [4.69, 9.17) is 11.6 Å². The van der Waals surface area contributed by atoms with E-state index in [1.807, 2.05) is 0 Å². The number of alkyl halides is 5. The Kier molecular flexibility index (Phi) is 7.31. The van der Waals surface area contributed by atoms with E-state index in [1.54, 1.807) is 0 Å². The maximum absolute atomic E-state index is 14.1. The molecule has 6 nitrogen and oxygen atoms in total. The molecule has 0 saturated carbocycles. The van der Waals surface area contributed by atoms with Crippen molar-refractivity contribution in [3.63, 3.8) is 0 Å². The van der Waals surface area contributed by atoms with E-state index in [2.05, 4.69) is 10.6 Å². The summed E-state index contributed by atoms with van der Waals surface area (Å²) in [5.41, 5.74) is -3.32. The molecule has 2 N–H and O–H groups in total. The number of nitrogens with zero attached hydrogens (tertiary/aromatic N) is 1. The monoisotopic (exact) mass is 609 g/mol. The van der Waals surface area contributed by atoms with Crippen LogP contribution in [0.4, 0.5) is 36.4 Å². The van der Waals surface area contributed by atoms with Gasteiger partial charge in [0.2, 0.25) is 0 Å². The Labute approximate surface area is 236 Å². The molecule has 0 fully saturated rings. The number of fused-ring (bicyclic) bond motifs is 1. The molecule has 3 aromatic carbocycles. The Hall–Kier alpha value is -4.65. The van der Waals surface area contributed by atoms with Crippen molar-refractivity contribution in [2.45, 2.75) is 18.8 Å². The highest BCUT2D eigenvalue weighted by atomic mass is 35.5. The van der Waals surface area contributed by atoms with Gasteiger partial charge in [-0.05, 0) is 65.7 Å². The number of hydrogen-bond acceptors (Lipinski definition) is 3. The molecule has 216 valence electrons. The maximum atomic E-state index is 14.1. The number of pyridine rings is 1. The number of benzene rings is 3. The van der Waals surface area contributed by atoms with Crippen molar-refractivity contribution in [2.24, 2.45) is 0 Å². The summed E-state index contributed by atoms with van der Waals surface area (Å²) in [4.78, 5) is 38.0. The number of carbonyl (C=O) groups is 2. The van der Waals surface area contributed by atoms with Crippen LogP contribution in [0.25, 0.3) is 11.1 Å². The van der Waals surface area contributed by atoms with E-state index < -0.39 is 58.9 Å². The van der Waals surface area contributed by atoms with Crippen LogP contribution in [0.3, 0.4) is 0 Å². The second kappa shape index (κ2) is 10.6. The van der Waals surface area contributed by atoms with Gasteiger partial charge in [-0.3, -0.25) is 19.0 Å². The molecule has 4 aromatic rings. The van der Waals surface area contributed by atoms with Crippen molar-refractivity contribution in [1.29, 1.82) is 0 Å². The summed E-state index contributed by atoms with van der Waals surface area (Å²) in [5.74, 6) is -4.00. The molecule has 2 heterocycles. The van der Waals surface area contributed by atoms with E-state index in [9.17, 15) is 45.1 Å². The topological polar surface area (TPSA) is 80.2 Å². The lowest BCUT2D eigenvalue weighted by molar-refractivity contribution is -0.137. The molecule has 14 heteroatoms. The number of amides is 2. The molecular weight excluding hydrogens is 595 g/mol. The fourth-order valence-electron chi connectivity index (χ4n) is 4.58. The maximum Gasteiger partial charge on any atom is 0.416 e. The zero-order chi connectivity index (χ0) is 30.5. The third-order valence-corrected chi connectivity index (χ3v) is 6.82.